The van der Waals surface area contributed by atoms with E-state index in [1.54, 1.807) is 30.4 Å². The summed E-state index contributed by atoms with van der Waals surface area (Å²) >= 11 is 0. The molecule has 6 heteroatoms. The van der Waals surface area contributed by atoms with Crippen molar-refractivity contribution in [1.82, 2.24) is 4.90 Å². The molecule has 134 valence electrons. The third kappa shape index (κ3) is 3.67. The van der Waals surface area contributed by atoms with E-state index in [0.29, 0.717) is 18.6 Å². The summed E-state index contributed by atoms with van der Waals surface area (Å²) in [5.74, 6) is 0.152. The molecule has 1 fully saturated rings. The number of furan rings is 1. The minimum Gasteiger partial charge on any atom is -0.448 e. The lowest BCUT2D eigenvalue weighted by Crippen LogP contribution is -2.49. The maximum absolute atomic E-state index is 12.6. The molecule has 1 aromatic carbocycles. The van der Waals surface area contributed by atoms with Crippen LogP contribution in [0.1, 0.15) is 21.7 Å². The highest BCUT2D eigenvalue weighted by molar-refractivity contribution is 7.69. The van der Waals surface area contributed by atoms with Gasteiger partial charge in [0.25, 0.3) is 5.91 Å². The first-order valence-corrected chi connectivity index (χ1v) is 11.1. The van der Waals surface area contributed by atoms with Crippen molar-refractivity contribution < 1.29 is 13.8 Å². The van der Waals surface area contributed by atoms with Gasteiger partial charge in [0.05, 0.1) is 0 Å². The summed E-state index contributed by atoms with van der Waals surface area (Å²) in [5.41, 5.74) is 4.22. The van der Waals surface area contributed by atoms with Crippen LogP contribution in [0.15, 0.2) is 34.7 Å². The summed E-state index contributed by atoms with van der Waals surface area (Å²) in [6.07, 6.45) is 0. The summed E-state index contributed by atoms with van der Waals surface area (Å²) in [4.78, 5) is 16.8. The number of piperazine rings is 1. The predicted octanol–water partition coefficient (Wildman–Crippen LogP) is 3.11. The Bertz CT molecular complexity index is 829. The molecule has 5 nitrogen and oxygen atoms in total. The number of amides is 1. The van der Waals surface area contributed by atoms with Crippen LogP contribution in [-0.4, -0.2) is 50.3 Å². The fourth-order valence-corrected chi connectivity index (χ4v) is 3.87. The Labute approximate surface area is 149 Å². The molecular formula is C19H25N2O3P. The largest absolute Gasteiger partial charge is 0.448 e. The Morgan fingerprint density at radius 2 is 1.72 bits per heavy atom. The maximum atomic E-state index is 12.6. The molecule has 0 atom stereocenters. The van der Waals surface area contributed by atoms with Gasteiger partial charge in [0.15, 0.2) is 11.3 Å². The number of carbonyl (C=O) groups excluding carboxylic acids is 1. The van der Waals surface area contributed by atoms with Crippen molar-refractivity contribution in [3.05, 3.63) is 47.2 Å². The van der Waals surface area contributed by atoms with Crippen LogP contribution in [0.5, 0.6) is 0 Å². The van der Waals surface area contributed by atoms with Gasteiger partial charge in [-0.3, -0.25) is 4.79 Å². The zero-order valence-corrected chi connectivity index (χ0v) is 16.2. The van der Waals surface area contributed by atoms with E-state index in [2.05, 4.69) is 36.9 Å². The highest BCUT2D eigenvalue weighted by Crippen LogP contribution is 2.35. The van der Waals surface area contributed by atoms with E-state index in [9.17, 15) is 9.36 Å². The Balaban J connectivity index is 1.68. The van der Waals surface area contributed by atoms with Gasteiger partial charge in [-0.15, -0.1) is 0 Å². The van der Waals surface area contributed by atoms with Gasteiger partial charge < -0.3 is 18.8 Å². The lowest BCUT2D eigenvalue weighted by molar-refractivity contribution is 0.0716. The van der Waals surface area contributed by atoms with Crippen LogP contribution < -0.4 is 10.4 Å². The van der Waals surface area contributed by atoms with Crippen molar-refractivity contribution in [3.63, 3.8) is 0 Å². The second-order valence-corrected chi connectivity index (χ2v) is 10.1. The number of anilines is 1. The fourth-order valence-electron chi connectivity index (χ4n) is 3.12. The number of hydrogen-bond donors (Lipinski definition) is 0. The van der Waals surface area contributed by atoms with Crippen LogP contribution in [0.25, 0.3) is 0 Å². The van der Waals surface area contributed by atoms with E-state index < -0.39 is 7.14 Å². The highest BCUT2D eigenvalue weighted by Gasteiger charge is 2.26. The number of nitrogens with zero attached hydrogens (tertiary/aromatic N) is 2. The zero-order valence-electron chi connectivity index (χ0n) is 15.3. The molecular weight excluding hydrogens is 335 g/mol. The molecule has 2 heterocycles. The summed E-state index contributed by atoms with van der Waals surface area (Å²) in [5, 5.41) is 0. The lowest BCUT2D eigenvalue weighted by Gasteiger charge is -2.36. The van der Waals surface area contributed by atoms with Crippen LogP contribution >= 0.6 is 7.14 Å². The molecule has 0 radical (unpaired) electrons. The number of benzene rings is 1. The summed E-state index contributed by atoms with van der Waals surface area (Å²) < 4.78 is 17.6. The van der Waals surface area contributed by atoms with Crippen molar-refractivity contribution in [3.8, 4) is 0 Å². The first-order chi connectivity index (χ1) is 11.8. The minimum atomic E-state index is -2.48. The van der Waals surface area contributed by atoms with Gasteiger partial charge in [-0.25, -0.2) is 0 Å². The molecule has 1 saturated heterocycles. The molecule has 25 heavy (non-hydrogen) atoms. The van der Waals surface area contributed by atoms with Crippen LogP contribution in [0.3, 0.4) is 0 Å². The van der Waals surface area contributed by atoms with Crippen molar-refractivity contribution in [1.29, 1.82) is 0 Å². The SMILES string of the molecule is Cc1cccc(N2CCN(C(=O)c3ccc(P(C)(C)=O)o3)CC2)c1C. The first kappa shape index (κ1) is 17.8. The molecule has 0 saturated carbocycles. The number of aryl methyl sites for hydroxylation is 1. The Kier molecular flexibility index (Phi) is 4.79. The van der Waals surface area contributed by atoms with Crippen molar-refractivity contribution in [2.45, 2.75) is 13.8 Å². The second-order valence-electron chi connectivity index (χ2n) is 6.99. The average molecular weight is 360 g/mol. The average Bonchev–Trinajstić information content (AvgIpc) is 3.07. The van der Waals surface area contributed by atoms with Crippen LogP contribution in [0.2, 0.25) is 0 Å². The Hall–Kier alpha value is -2.00. The standard InChI is InChI=1S/C19H25N2O3P/c1-14-6-5-7-16(15(14)2)20-10-12-21(13-11-20)19(22)17-8-9-18(24-17)25(3,4)23/h5-9H,10-13H2,1-4H3. The summed E-state index contributed by atoms with van der Waals surface area (Å²) in [6.45, 7) is 10.4. The maximum Gasteiger partial charge on any atom is 0.289 e. The molecule has 1 aliphatic heterocycles. The molecule has 0 bridgehead atoms. The van der Waals surface area contributed by atoms with Crippen molar-refractivity contribution in [2.24, 2.45) is 0 Å². The molecule has 2 aromatic rings. The summed E-state index contributed by atoms with van der Waals surface area (Å²) in [6, 6.07) is 9.62. The van der Waals surface area contributed by atoms with E-state index in [4.69, 9.17) is 4.42 Å². The molecule has 0 aliphatic carbocycles. The number of hydrogen-bond acceptors (Lipinski definition) is 4. The van der Waals surface area contributed by atoms with E-state index in [1.807, 2.05) is 0 Å². The van der Waals surface area contributed by atoms with Gasteiger partial charge in [0.2, 0.25) is 0 Å². The molecule has 3 rings (SSSR count). The van der Waals surface area contributed by atoms with Gasteiger partial charge in [-0.05, 0) is 56.5 Å². The van der Waals surface area contributed by atoms with Gasteiger partial charge in [0, 0.05) is 31.9 Å². The van der Waals surface area contributed by atoms with Gasteiger partial charge in [0.1, 0.15) is 7.14 Å². The third-order valence-corrected chi connectivity index (χ3v) is 6.12. The van der Waals surface area contributed by atoms with Gasteiger partial charge >= 0.3 is 0 Å². The second kappa shape index (κ2) is 6.72. The van der Waals surface area contributed by atoms with Gasteiger partial charge in [-0.2, -0.15) is 0 Å². The smallest absolute Gasteiger partial charge is 0.289 e. The molecule has 0 unspecified atom stereocenters. The predicted molar refractivity (Wildman–Crippen MR) is 102 cm³/mol. The minimum absolute atomic E-state index is 0.125. The molecule has 0 spiro atoms. The number of carbonyl (C=O) groups is 1. The van der Waals surface area contributed by atoms with E-state index >= 15 is 0 Å². The molecule has 1 amide bonds. The summed E-state index contributed by atoms with van der Waals surface area (Å²) in [7, 11) is -2.48. The van der Waals surface area contributed by atoms with E-state index in [1.165, 1.54) is 16.8 Å². The van der Waals surface area contributed by atoms with Crippen molar-refractivity contribution >= 4 is 24.2 Å². The van der Waals surface area contributed by atoms with Crippen LogP contribution in [0, 0.1) is 13.8 Å². The molecule has 1 aliphatic rings. The number of rotatable bonds is 3. The monoisotopic (exact) mass is 360 g/mol. The third-order valence-electron chi connectivity index (χ3n) is 4.82. The Morgan fingerprint density at radius 3 is 2.32 bits per heavy atom. The first-order valence-electron chi connectivity index (χ1n) is 8.53. The van der Waals surface area contributed by atoms with Crippen molar-refractivity contribution in [2.75, 3.05) is 44.4 Å². The molecule has 1 aromatic heterocycles. The zero-order chi connectivity index (χ0) is 18.2. The topological polar surface area (TPSA) is 53.8 Å². The molecule has 0 N–H and O–H groups in total. The lowest BCUT2D eigenvalue weighted by atomic mass is 10.1. The van der Waals surface area contributed by atoms with E-state index in [-0.39, 0.29) is 11.7 Å². The Morgan fingerprint density at radius 1 is 1.04 bits per heavy atom. The normalized spacial score (nSPS) is 15.5. The van der Waals surface area contributed by atoms with Crippen LogP contribution in [-0.2, 0) is 4.57 Å². The van der Waals surface area contributed by atoms with E-state index in [0.717, 1.165) is 13.1 Å². The van der Waals surface area contributed by atoms with Gasteiger partial charge in [-0.1, -0.05) is 12.1 Å². The quantitative estimate of drug-likeness (QED) is 0.790. The highest BCUT2D eigenvalue weighted by atomic mass is 31.2. The fraction of sp³-hybridized carbons (Fsp3) is 0.421. The van der Waals surface area contributed by atoms with Crippen LogP contribution in [0.4, 0.5) is 5.69 Å².